The normalized spacial score (nSPS) is 10.2. The van der Waals surface area contributed by atoms with Gasteiger partial charge in [-0.1, -0.05) is 34.1 Å². The molecule has 7 heteroatoms. The molecule has 0 atom stereocenters. The average Bonchev–Trinajstić information content (AvgIpc) is 2.64. The number of para-hydroxylation sites is 1. The fraction of sp³-hybridized carbons (Fsp3) is 0.286. The standard InChI is InChI=1S/C21H23BrN2O4/c1-14-6-3-4-7-17(14)23-19(25)8-5-9-21(27)28-13-20(26)24-18-11-10-16(22)12-15(18)2/h3-4,6-7,10-12H,5,8-9,13H2,1-2H3,(H,23,25)(H,24,26). The molecule has 148 valence electrons. The van der Waals surface area contributed by atoms with Crippen molar-refractivity contribution >= 4 is 45.1 Å². The maximum Gasteiger partial charge on any atom is 0.306 e. The first kappa shape index (κ1) is 21.6. The molecular formula is C21H23BrN2O4. The molecule has 0 aliphatic rings. The number of aryl methyl sites for hydroxylation is 2. The van der Waals surface area contributed by atoms with E-state index in [4.69, 9.17) is 4.74 Å². The quantitative estimate of drug-likeness (QED) is 0.590. The number of carbonyl (C=O) groups excluding carboxylic acids is 3. The van der Waals surface area contributed by atoms with E-state index < -0.39 is 11.9 Å². The molecule has 0 aliphatic heterocycles. The van der Waals surface area contributed by atoms with Crippen LogP contribution in [0.15, 0.2) is 46.9 Å². The third-order valence-electron chi connectivity index (χ3n) is 4.03. The van der Waals surface area contributed by atoms with Crippen LogP contribution < -0.4 is 10.6 Å². The molecule has 2 aromatic rings. The Morgan fingerprint density at radius 3 is 2.29 bits per heavy atom. The predicted molar refractivity (Wildman–Crippen MR) is 112 cm³/mol. The van der Waals surface area contributed by atoms with E-state index in [1.807, 2.05) is 50.2 Å². The van der Waals surface area contributed by atoms with Gasteiger partial charge in [-0.25, -0.2) is 0 Å². The second-order valence-corrected chi connectivity index (χ2v) is 7.30. The fourth-order valence-corrected chi connectivity index (χ4v) is 2.97. The number of hydrogen-bond donors (Lipinski definition) is 2. The minimum atomic E-state index is -0.508. The zero-order valence-corrected chi connectivity index (χ0v) is 17.5. The van der Waals surface area contributed by atoms with Crippen LogP contribution >= 0.6 is 15.9 Å². The van der Waals surface area contributed by atoms with Gasteiger partial charge in [0.05, 0.1) is 0 Å². The van der Waals surface area contributed by atoms with Crippen molar-refractivity contribution in [3.05, 3.63) is 58.1 Å². The van der Waals surface area contributed by atoms with Gasteiger partial charge in [-0.3, -0.25) is 14.4 Å². The van der Waals surface area contributed by atoms with Crippen LogP contribution in [-0.2, 0) is 19.1 Å². The number of halogens is 1. The lowest BCUT2D eigenvalue weighted by Crippen LogP contribution is -2.21. The second kappa shape index (κ2) is 10.6. The summed E-state index contributed by atoms with van der Waals surface area (Å²) in [5.41, 5.74) is 3.29. The van der Waals surface area contributed by atoms with Crippen molar-refractivity contribution in [3.63, 3.8) is 0 Å². The van der Waals surface area contributed by atoms with Gasteiger partial charge in [0.1, 0.15) is 0 Å². The van der Waals surface area contributed by atoms with Gasteiger partial charge in [0.15, 0.2) is 6.61 Å². The summed E-state index contributed by atoms with van der Waals surface area (Å²) in [7, 11) is 0. The first-order valence-electron chi connectivity index (χ1n) is 8.92. The number of carbonyl (C=O) groups is 3. The highest BCUT2D eigenvalue weighted by molar-refractivity contribution is 9.10. The zero-order chi connectivity index (χ0) is 20.5. The molecule has 0 saturated heterocycles. The summed E-state index contributed by atoms with van der Waals surface area (Å²) >= 11 is 3.36. The van der Waals surface area contributed by atoms with Gasteiger partial charge in [-0.15, -0.1) is 0 Å². The summed E-state index contributed by atoms with van der Waals surface area (Å²) in [5, 5.41) is 5.51. The summed E-state index contributed by atoms with van der Waals surface area (Å²) in [6.07, 6.45) is 0.628. The smallest absolute Gasteiger partial charge is 0.306 e. The van der Waals surface area contributed by atoms with Crippen molar-refractivity contribution in [3.8, 4) is 0 Å². The summed E-state index contributed by atoms with van der Waals surface area (Å²) in [5.74, 6) is -1.08. The Kier molecular flexibility index (Phi) is 8.19. The van der Waals surface area contributed by atoms with Crippen LogP contribution in [0.3, 0.4) is 0 Å². The van der Waals surface area contributed by atoms with E-state index in [2.05, 4.69) is 26.6 Å². The number of amides is 2. The highest BCUT2D eigenvalue weighted by Crippen LogP contribution is 2.20. The summed E-state index contributed by atoms with van der Waals surface area (Å²) < 4.78 is 5.88. The third kappa shape index (κ3) is 7.15. The molecule has 28 heavy (non-hydrogen) atoms. The maximum absolute atomic E-state index is 11.9. The highest BCUT2D eigenvalue weighted by atomic mass is 79.9. The van der Waals surface area contributed by atoms with Gasteiger partial charge in [0.2, 0.25) is 5.91 Å². The van der Waals surface area contributed by atoms with E-state index >= 15 is 0 Å². The molecule has 0 bridgehead atoms. The lowest BCUT2D eigenvalue weighted by Gasteiger charge is -2.10. The van der Waals surface area contributed by atoms with Crippen molar-refractivity contribution in [2.75, 3.05) is 17.2 Å². The maximum atomic E-state index is 11.9. The van der Waals surface area contributed by atoms with Crippen LogP contribution in [-0.4, -0.2) is 24.4 Å². The van der Waals surface area contributed by atoms with Crippen molar-refractivity contribution in [1.82, 2.24) is 0 Å². The molecule has 2 N–H and O–H groups in total. The number of hydrogen-bond acceptors (Lipinski definition) is 4. The van der Waals surface area contributed by atoms with Crippen molar-refractivity contribution in [2.24, 2.45) is 0 Å². The van der Waals surface area contributed by atoms with E-state index in [0.717, 1.165) is 21.3 Å². The molecule has 0 heterocycles. The fourth-order valence-electron chi connectivity index (χ4n) is 2.49. The highest BCUT2D eigenvalue weighted by Gasteiger charge is 2.11. The first-order chi connectivity index (χ1) is 13.3. The molecule has 0 spiro atoms. The Bertz CT molecular complexity index is 867. The van der Waals surface area contributed by atoms with E-state index in [-0.39, 0.29) is 25.4 Å². The lowest BCUT2D eigenvalue weighted by molar-refractivity contribution is -0.147. The number of anilines is 2. The molecule has 0 saturated carbocycles. The zero-order valence-electron chi connectivity index (χ0n) is 15.9. The Balaban J connectivity index is 1.66. The average molecular weight is 447 g/mol. The number of nitrogens with one attached hydrogen (secondary N) is 2. The molecule has 0 aliphatic carbocycles. The van der Waals surface area contributed by atoms with E-state index in [1.165, 1.54) is 0 Å². The summed E-state index contributed by atoms with van der Waals surface area (Å²) in [6, 6.07) is 12.9. The number of ether oxygens (including phenoxy) is 1. The molecule has 0 radical (unpaired) electrons. The summed E-state index contributed by atoms with van der Waals surface area (Å²) in [4.78, 5) is 35.6. The molecule has 2 rings (SSSR count). The second-order valence-electron chi connectivity index (χ2n) is 6.38. The van der Waals surface area contributed by atoms with Gasteiger partial charge in [-0.05, 0) is 55.7 Å². The molecule has 2 amide bonds. The first-order valence-corrected chi connectivity index (χ1v) is 9.71. The molecule has 0 unspecified atom stereocenters. The minimum absolute atomic E-state index is 0.0752. The monoisotopic (exact) mass is 446 g/mol. The molecule has 0 aromatic heterocycles. The largest absolute Gasteiger partial charge is 0.456 e. The Hall–Kier alpha value is -2.67. The number of esters is 1. The van der Waals surface area contributed by atoms with Crippen LogP contribution in [0.1, 0.15) is 30.4 Å². The number of rotatable bonds is 8. The van der Waals surface area contributed by atoms with Crippen molar-refractivity contribution in [1.29, 1.82) is 0 Å². The molecule has 6 nitrogen and oxygen atoms in total. The Morgan fingerprint density at radius 1 is 0.893 bits per heavy atom. The van der Waals surface area contributed by atoms with Gasteiger partial charge < -0.3 is 15.4 Å². The SMILES string of the molecule is Cc1ccccc1NC(=O)CCCC(=O)OCC(=O)Nc1ccc(Br)cc1C. The van der Waals surface area contributed by atoms with Crippen LogP contribution in [0, 0.1) is 13.8 Å². The van der Waals surface area contributed by atoms with Gasteiger partial charge in [0, 0.05) is 28.7 Å². The summed E-state index contributed by atoms with van der Waals surface area (Å²) in [6.45, 7) is 3.42. The predicted octanol–water partition coefficient (Wildman–Crippen LogP) is 4.36. The van der Waals surface area contributed by atoms with E-state index in [9.17, 15) is 14.4 Å². The Labute approximate surface area is 172 Å². The van der Waals surface area contributed by atoms with Gasteiger partial charge in [-0.2, -0.15) is 0 Å². The van der Waals surface area contributed by atoms with Crippen LogP contribution in [0.4, 0.5) is 11.4 Å². The minimum Gasteiger partial charge on any atom is -0.456 e. The van der Waals surface area contributed by atoms with E-state index in [1.54, 1.807) is 6.07 Å². The van der Waals surface area contributed by atoms with Crippen LogP contribution in [0.25, 0.3) is 0 Å². The molecular weight excluding hydrogens is 424 g/mol. The van der Waals surface area contributed by atoms with Crippen molar-refractivity contribution in [2.45, 2.75) is 33.1 Å². The van der Waals surface area contributed by atoms with Gasteiger partial charge in [0.25, 0.3) is 5.91 Å². The Morgan fingerprint density at radius 2 is 1.57 bits per heavy atom. The third-order valence-corrected chi connectivity index (χ3v) is 4.52. The number of benzene rings is 2. The molecule has 0 fully saturated rings. The topological polar surface area (TPSA) is 84.5 Å². The molecule has 2 aromatic carbocycles. The van der Waals surface area contributed by atoms with Crippen LogP contribution in [0.2, 0.25) is 0 Å². The van der Waals surface area contributed by atoms with Crippen molar-refractivity contribution < 1.29 is 19.1 Å². The van der Waals surface area contributed by atoms with Crippen LogP contribution in [0.5, 0.6) is 0 Å². The van der Waals surface area contributed by atoms with E-state index in [0.29, 0.717) is 12.1 Å². The van der Waals surface area contributed by atoms with Gasteiger partial charge >= 0.3 is 5.97 Å². The lowest BCUT2D eigenvalue weighted by atomic mass is 10.2.